The van der Waals surface area contributed by atoms with Crippen LogP contribution in [0, 0.1) is 0 Å². The molecule has 0 spiro atoms. The molecule has 0 saturated carbocycles. The largest absolute Gasteiger partial charge is 0.460 e. The first-order chi connectivity index (χ1) is 17.8. The van der Waals surface area contributed by atoms with Crippen LogP contribution in [0.4, 0.5) is 0 Å². The van der Waals surface area contributed by atoms with Gasteiger partial charge in [-0.05, 0) is 12.1 Å². The maximum Gasteiger partial charge on any atom is 0.338 e. The normalized spacial score (nSPS) is 11.1. The number of esters is 1. The predicted molar refractivity (Wildman–Crippen MR) is 137 cm³/mol. The van der Waals surface area contributed by atoms with Crippen LogP contribution < -0.4 is 0 Å². The number of hydrogen-bond donors (Lipinski definition) is 0. The number of benzene rings is 1. The molecule has 0 fully saturated rings. The van der Waals surface area contributed by atoms with Crippen molar-refractivity contribution in [3.63, 3.8) is 0 Å². The minimum atomic E-state index is -0.352. The van der Waals surface area contributed by atoms with Crippen molar-refractivity contribution < 1.29 is 47.4 Å². The summed E-state index contributed by atoms with van der Waals surface area (Å²) in [7, 11) is 0. The van der Waals surface area contributed by atoms with Gasteiger partial charge in [-0.15, -0.1) is 0 Å². The molecule has 1 rings (SSSR count). The summed E-state index contributed by atoms with van der Waals surface area (Å²) in [5.74, 6) is -0.352. The number of halogens is 1. The summed E-state index contributed by atoms with van der Waals surface area (Å²) in [5.41, 5.74) is 0.529. The van der Waals surface area contributed by atoms with Gasteiger partial charge in [0.05, 0.1) is 111 Å². The Morgan fingerprint density at radius 1 is 0.472 bits per heavy atom. The lowest BCUT2D eigenvalue weighted by molar-refractivity contribution is -0.0241. The van der Waals surface area contributed by atoms with Gasteiger partial charge in [0.1, 0.15) is 6.61 Å². The van der Waals surface area contributed by atoms with E-state index in [0.717, 1.165) is 5.33 Å². The highest BCUT2D eigenvalue weighted by molar-refractivity contribution is 9.09. The van der Waals surface area contributed by atoms with Gasteiger partial charge >= 0.3 is 5.97 Å². The summed E-state index contributed by atoms with van der Waals surface area (Å²) in [6, 6.07) is 8.86. The van der Waals surface area contributed by atoms with Gasteiger partial charge in [0.2, 0.25) is 0 Å². The molecule has 0 heterocycles. The molecule has 0 radical (unpaired) electrons. The summed E-state index contributed by atoms with van der Waals surface area (Å²) in [4.78, 5) is 11.7. The van der Waals surface area contributed by atoms with Gasteiger partial charge in [-0.3, -0.25) is 0 Å². The second-order valence-corrected chi connectivity index (χ2v) is 7.88. The Labute approximate surface area is 222 Å². The van der Waals surface area contributed by atoms with Crippen LogP contribution >= 0.6 is 15.9 Å². The van der Waals surface area contributed by atoms with E-state index in [9.17, 15) is 4.79 Å². The molecule has 0 aromatic heterocycles. The van der Waals surface area contributed by atoms with Crippen molar-refractivity contribution in [2.45, 2.75) is 0 Å². The standard InChI is InChI=1S/C25H41BrO10/c26-6-7-28-8-9-29-10-11-30-12-13-31-14-15-32-16-17-33-18-19-34-20-21-35-22-23-36-25(27)24-4-2-1-3-5-24/h1-5H,6-23H2. The van der Waals surface area contributed by atoms with E-state index in [4.69, 9.17) is 42.6 Å². The van der Waals surface area contributed by atoms with E-state index in [0.29, 0.717) is 111 Å². The summed E-state index contributed by atoms with van der Waals surface area (Å²) < 4.78 is 48.3. The minimum absolute atomic E-state index is 0.208. The number of rotatable bonds is 27. The molecule has 36 heavy (non-hydrogen) atoms. The van der Waals surface area contributed by atoms with E-state index in [1.165, 1.54) is 0 Å². The van der Waals surface area contributed by atoms with Crippen LogP contribution in [-0.4, -0.2) is 124 Å². The molecule has 208 valence electrons. The van der Waals surface area contributed by atoms with Crippen molar-refractivity contribution in [1.82, 2.24) is 0 Å². The number of carbonyl (C=O) groups is 1. The third-order valence-electron chi connectivity index (χ3n) is 4.30. The molecule has 0 saturated heterocycles. The van der Waals surface area contributed by atoms with Crippen LogP contribution in [0.15, 0.2) is 30.3 Å². The van der Waals surface area contributed by atoms with E-state index >= 15 is 0 Å². The fraction of sp³-hybridized carbons (Fsp3) is 0.720. The highest BCUT2D eigenvalue weighted by Gasteiger charge is 2.05. The van der Waals surface area contributed by atoms with Crippen molar-refractivity contribution in [2.24, 2.45) is 0 Å². The van der Waals surface area contributed by atoms with Crippen LogP contribution in [0.3, 0.4) is 0 Å². The van der Waals surface area contributed by atoms with Gasteiger partial charge in [0, 0.05) is 5.33 Å². The lowest BCUT2D eigenvalue weighted by atomic mass is 10.2. The maximum atomic E-state index is 11.7. The van der Waals surface area contributed by atoms with Gasteiger partial charge in [-0.2, -0.15) is 0 Å². The fourth-order valence-electron chi connectivity index (χ4n) is 2.55. The monoisotopic (exact) mass is 580 g/mol. The van der Waals surface area contributed by atoms with Crippen molar-refractivity contribution >= 4 is 21.9 Å². The maximum absolute atomic E-state index is 11.7. The van der Waals surface area contributed by atoms with Crippen LogP contribution in [0.25, 0.3) is 0 Å². The van der Waals surface area contributed by atoms with Crippen molar-refractivity contribution in [2.75, 3.05) is 118 Å². The molecule has 0 aliphatic rings. The van der Waals surface area contributed by atoms with Gasteiger partial charge in [-0.1, -0.05) is 34.1 Å². The van der Waals surface area contributed by atoms with E-state index < -0.39 is 0 Å². The van der Waals surface area contributed by atoms with E-state index in [2.05, 4.69) is 15.9 Å². The second kappa shape index (κ2) is 26.9. The molecule has 1 aromatic carbocycles. The average Bonchev–Trinajstić information content (AvgIpc) is 2.91. The summed E-state index contributed by atoms with van der Waals surface area (Å²) in [6.07, 6.45) is 0. The highest BCUT2D eigenvalue weighted by Crippen LogP contribution is 2.00. The zero-order valence-corrected chi connectivity index (χ0v) is 22.7. The summed E-state index contributed by atoms with van der Waals surface area (Å²) in [6.45, 7) is 8.41. The highest BCUT2D eigenvalue weighted by atomic mass is 79.9. The number of ether oxygens (including phenoxy) is 9. The van der Waals surface area contributed by atoms with Gasteiger partial charge in [-0.25, -0.2) is 4.79 Å². The Morgan fingerprint density at radius 3 is 1.11 bits per heavy atom. The summed E-state index contributed by atoms with van der Waals surface area (Å²) in [5, 5.41) is 0.836. The average molecular weight is 581 g/mol. The molecule has 0 aliphatic carbocycles. The zero-order valence-electron chi connectivity index (χ0n) is 21.1. The Kier molecular flexibility index (Phi) is 24.6. The summed E-state index contributed by atoms with van der Waals surface area (Å²) >= 11 is 3.29. The number of alkyl halides is 1. The first kappa shape index (κ1) is 32.9. The third kappa shape index (κ3) is 22.1. The Balaban J connectivity index is 1.67. The Bertz CT molecular complexity index is 593. The minimum Gasteiger partial charge on any atom is -0.460 e. The van der Waals surface area contributed by atoms with Gasteiger partial charge < -0.3 is 42.6 Å². The van der Waals surface area contributed by atoms with E-state index in [-0.39, 0.29) is 12.6 Å². The second-order valence-electron chi connectivity index (χ2n) is 7.09. The Hall–Kier alpha value is -1.15. The predicted octanol–water partition coefficient (Wildman–Crippen LogP) is 2.37. The Morgan fingerprint density at radius 2 is 0.778 bits per heavy atom. The molecule has 0 bridgehead atoms. The molecule has 0 amide bonds. The lowest BCUT2D eigenvalue weighted by Crippen LogP contribution is -2.15. The smallest absolute Gasteiger partial charge is 0.338 e. The van der Waals surface area contributed by atoms with E-state index in [1.54, 1.807) is 24.3 Å². The fourth-order valence-corrected chi connectivity index (χ4v) is 2.78. The van der Waals surface area contributed by atoms with Crippen molar-refractivity contribution in [3.05, 3.63) is 35.9 Å². The van der Waals surface area contributed by atoms with Crippen LogP contribution in [0.5, 0.6) is 0 Å². The topological polar surface area (TPSA) is 100 Å². The van der Waals surface area contributed by atoms with Crippen LogP contribution in [-0.2, 0) is 42.6 Å². The SMILES string of the molecule is O=C(OCCOCCOCCOCCOCCOCCOCCOCCOCCBr)c1ccccc1. The number of hydrogen-bond acceptors (Lipinski definition) is 10. The number of carbonyl (C=O) groups excluding carboxylic acids is 1. The molecule has 0 aliphatic heterocycles. The van der Waals surface area contributed by atoms with Crippen molar-refractivity contribution in [3.8, 4) is 0 Å². The molecule has 0 unspecified atom stereocenters. The van der Waals surface area contributed by atoms with Gasteiger partial charge in [0.15, 0.2) is 0 Å². The lowest BCUT2D eigenvalue weighted by Gasteiger charge is -2.09. The molecular formula is C25H41BrO10. The first-order valence-corrected chi connectivity index (χ1v) is 13.4. The molecular weight excluding hydrogens is 540 g/mol. The quantitative estimate of drug-likeness (QED) is 0.0875. The van der Waals surface area contributed by atoms with Crippen LogP contribution in [0.2, 0.25) is 0 Å². The zero-order chi connectivity index (χ0) is 25.8. The van der Waals surface area contributed by atoms with Crippen LogP contribution in [0.1, 0.15) is 10.4 Å². The molecule has 0 atom stereocenters. The third-order valence-corrected chi connectivity index (χ3v) is 4.62. The molecule has 11 heteroatoms. The van der Waals surface area contributed by atoms with Gasteiger partial charge in [0.25, 0.3) is 0 Å². The molecule has 1 aromatic rings. The molecule has 0 N–H and O–H groups in total. The van der Waals surface area contributed by atoms with Crippen molar-refractivity contribution in [1.29, 1.82) is 0 Å². The van der Waals surface area contributed by atoms with E-state index in [1.807, 2.05) is 6.07 Å². The molecule has 10 nitrogen and oxygen atoms in total. The first-order valence-electron chi connectivity index (χ1n) is 12.2.